The molecule has 1 atom stereocenters. The summed E-state index contributed by atoms with van der Waals surface area (Å²) in [6, 6.07) is 9.75. The van der Waals surface area contributed by atoms with Crippen molar-refractivity contribution in [3.05, 3.63) is 53.0 Å². The van der Waals surface area contributed by atoms with Gasteiger partial charge in [0.05, 0.1) is 28.4 Å². The van der Waals surface area contributed by atoms with Crippen LogP contribution in [0, 0.1) is 5.41 Å². The highest BCUT2D eigenvalue weighted by atomic mass is 32.2. The Morgan fingerprint density at radius 3 is 2.83 bits per heavy atom. The maximum absolute atomic E-state index is 12.8. The number of benzene rings is 1. The molecule has 1 aliphatic rings. The molecule has 10 heteroatoms. The Bertz CT molecular complexity index is 1150. The van der Waals surface area contributed by atoms with Crippen LogP contribution in [0.25, 0.3) is 10.9 Å². The van der Waals surface area contributed by atoms with E-state index in [-0.39, 0.29) is 12.5 Å². The Labute approximate surface area is 219 Å². The van der Waals surface area contributed by atoms with E-state index in [9.17, 15) is 15.1 Å². The van der Waals surface area contributed by atoms with Crippen LogP contribution in [-0.2, 0) is 11.3 Å². The van der Waals surface area contributed by atoms with E-state index in [0.717, 1.165) is 47.4 Å². The Morgan fingerprint density at radius 2 is 2.17 bits per heavy atom. The van der Waals surface area contributed by atoms with Gasteiger partial charge in [-0.05, 0) is 79.5 Å². The summed E-state index contributed by atoms with van der Waals surface area (Å²) in [6.07, 6.45) is 2.96. The number of hydrogen-bond donors (Lipinski definition) is 4. The predicted molar refractivity (Wildman–Crippen MR) is 143 cm³/mol. The van der Waals surface area contributed by atoms with Gasteiger partial charge in [-0.15, -0.1) is 23.1 Å². The molecular weight excluding hydrogens is 496 g/mol. The molecule has 4 rings (SSSR count). The molecule has 0 aliphatic carbocycles. The molecule has 36 heavy (non-hydrogen) atoms. The number of hydroxylamine groups is 1. The van der Waals surface area contributed by atoms with E-state index in [4.69, 9.17) is 10.5 Å². The zero-order valence-corrected chi connectivity index (χ0v) is 22.1. The number of rotatable bonds is 11. The number of ether oxygens (including phenoxy) is 1. The fourth-order valence-corrected chi connectivity index (χ4v) is 6.87. The number of thiophene rings is 1. The van der Waals surface area contributed by atoms with E-state index in [1.165, 1.54) is 4.21 Å². The smallest absolute Gasteiger partial charge is 0.249 e. The number of likely N-dealkylation sites (tertiary alicyclic amines) is 1. The maximum Gasteiger partial charge on any atom is 0.249 e. The molecule has 0 spiro atoms. The number of thioether (sulfide) groups is 1. The van der Waals surface area contributed by atoms with Gasteiger partial charge in [0.25, 0.3) is 0 Å². The van der Waals surface area contributed by atoms with Crippen molar-refractivity contribution in [2.75, 3.05) is 32.5 Å². The number of amides is 1. The molecule has 0 bridgehead atoms. The minimum Gasteiger partial charge on any atom is -0.497 e. The normalized spacial score (nSPS) is 16.7. The van der Waals surface area contributed by atoms with Crippen LogP contribution < -0.4 is 16.0 Å². The van der Waals surface area contributed by atoms with E-state index < -0.39 is 11.5 Å². The average Bonchev–Trinajstić information content (AvgIpc) is 3.44. The van der Waals surface area contributed by atoms with Crippen molar-refractivity contribution >= 4 is 39.9 Å². The van der Waals surface area contributed by atoms with Crippen LogP contribution in [0.3, 0.4) is 0 Å². The van der Waals surface area contributed by atoms with Crippen LogP contribution in [0.4, 0.5) is 0 Å². The number of aliphatic hydroxyl groups excluding tert-OH is 1. The third kappa shape index (κ3) is 6.01. The third-order valence-corrected chi connectivity index (χ3v) is 9.30. The quantitative estimate of drug-likeness (QED) is 0.167. The lowest BCUT2D eigenvalue weighted by Crippen LogP contribution is -2.48. The highest BCUT2D eigenvalue weighted by molar-refractivity contribution is 8.01. The second kappa shape index (κ2) is 12.4. The monoisotopic (exact) mass is 530 g/mol. The SMILES string of the molecule is COc1ccc2ncc(CN)c([C@H](O)CCC3(C(=O)NO)CCN(CCSc4cccs4)CC3)c2c1. The highest BCUT2D eigenvalue weighted by Gasteiger charge is 2.41. The number of piperidine rings is 1. The summed E-state index contributed by atoms with van der Waals surface area (Å²) in [6.45, 7) is 2.75. The van der Waals surface area contributed by atoms with Crippen molar-refractivity contribution in [1.82, 2.24) is 15.4 Å². The van der Waals surface area contributed by atoms with E-state index >= 15 is 0 Å². The summed E-state index contributed by atoms with van der Waals surface area (Å²) in [4.78, 5) is 19.7. The Balaban J connectivity index is 1.44. The molecule has 3 aromatic rings. The lowest BCUT2D eigenvalue weighted by atomic mass is 9.73. The zero-order chi connectivity index (χ0) is 25.5. The van der Waals surface area contributed by atoms with Crippen LogP contribution in [0.1, 0.15) is 42.9 Å². The van der Waals surface area contributed by atoms with Crippen LogP contribution >= 0.6 is 23.1 Å². The Hall–Kier alpha value is -2.21. The van der Waals surface area contributed by atoms with Crippen LogP contribution in [0.5, 0.6) is 5.75 Å². The van der Waals surface area contributed by atoms with Crippen LogP contribution in [0.2, 0.25) is 0 Å². The first-order valence-corrected chi connectivity index (χ1v) is 14.0. The van der Waals surface area contributed by atoms with Crippen molar-refractivity contribution in [3.8, 4) is 5.75 Å². The van der Waals surface area contributed by atoms with Gasteiger partial charge < -0.3 is 20.5 Å². The van der Waals surface area contributed by atoms with Gasteiger partial charge in [0, 0.05) is 30.4 Å². The van der Waals surface area contributed by atoms with Gasteiger partial charge in [-0.2, -0.15) is 0 Å². The maximum atomic E-state index is 12.8. The standard InChI is InChI=1S/C26H34N4O4S2/c1-34-19-4-5-21-20(15-19)24(18(16-27)17-28-21)22(31)6-7-26(25(32)29-33)8-10-30(11-9-26)12-14-36-23-3-2-13-35-23/h2-5,13,15,17,22,31,33H,6-12,14,16,27H2,1H3,(H,29,32)/t22-/m1/s1. The van der Waals surface area contributed by atoms with Crippen molar-refractivity contribution in [2.45, 2.75) is 42.5 Å². The zero-order valence-electron chi connectivity index (χ0n) is 20.5. The van der Waals surface area contributed by atoms with Crippen molar-refractivity contribution < 1.29 is 19.8 Å². The van der Waals surface area contributed by atoms with Crippen molar-refractivity contribution in [3.63, 3.8) is 0 Å². The number of nitrogens with one attached hydrogen (secondary N) is 1. The summed E-state index contributed by atoms with van der Waals surface area (Å²) < 4.78 is 6.69. The number of nitrogens with two attached hydrogens (primary N) is 1. The number of carbonyl (C=O) groups excluding carboxylic acids is 1. The molecule has 0 radical (unpaired) electrons. The molecule has 194 valence electrons. The van der Waals surface area contributed by atoms with Gasteiger partial charge in [-0.25, -0.2) is 5.48 Å². The predicted octanol–water partition coefficient (Wildman–Crippen LogP) is 3.96. The molecule has 8 nitrogen and oxygen atoms in total. The van der Waals surface area contributed by atoms with Gasteiger partial charge in [-0.1, -0.05) is 6.07 Å². The molecule has 5 N–H and O–H groups in total. The fourth-order valence-electron chi connectivity index (χ4n) is 5.01. The average molecular weight is 531 g/mol. The first-order chi connectivity index (χ1) is 17.5. The van der Waals surface area contributed by atoms with Gasteiger partial charge in [0.15, 0.2) is 0 Å². The lowest BCUT2D eigenvalue weighted by molar-refractivity contribution is -0.143. The highest BCUT2D eigenvalue weighted by Crippen LogP contribution is 2.40. The molecule has 1 aromatic carbocycles. The van der Waals surface area contributed by atoms with Gasteiger partial charge >= 0.3 is 0 Å². The first kappa shape index (κ1) is 26.8. The lowest BCUT2D eigenvalue weighted by Gasteiger charge is -2.40. The minimum atomic E-state index is -0.829. The summed E-state index contributed by atoms with van der Waals surface area (Å²) >= 11 is 3.60. The number of pyridine rings is 1. The summed E-state index contributed by atoms with van der Waals surface area (Å²) in [5.74, 6) is 1.30. The Morgan fingerprint density at radius 1 is 1.36 bits per heavy atom. The number of nitrogens with zero attached hydrogens (tertiary/aromatic N) is 2. The van der Waals surface area contributed by atoms with E-state index in [1.54, 1.807) is 24.6 Å². The molecular formula is C26H34N4O4S2. The number of aliphatic hydroxyl groups is 1. The summed E-state index contributed by atoms with van der Waals surface area (Å²) in [5, 5.41) is 23.7. The number of aromatic nitrogens is 1. The van der Waals surface area contributed by atoms with Crippen molar-refractivity contribution in [2.24, 2.45) is 11.1 Å². The minimum absolute atomic E-state index is 0.243. The van der Waals surface area contributed by atoms with E-state index in [1.807, 2.05) is 35.4 Å². The largest absolute Gasteiger partial charge is 0.497 e. The van der Waals surface area contributed by atoms with E-state index in [2.05, 4.69) is 27.4 Å². The topological polar surface area (TPSA) is 121 Å². The van der Waals surface area contributed by atoms with Crippen molar-refractivity contribution in [1.29, 1.82) is 0 Å². The van der Waals surface area contributed by atoms with Gasteiger partial charge in [-0.3, -0.25) is 15.0 Å². The molecule has 1 fully saturated rings. The third-order valence-electron chi connectivity index (χ3n) is 7.19. The fraction of sp³-hybridized carbons (Fsp3) is 0.462. The molecule has 3 heterocycles. The van der Waals surface area contributed by atoms with Gasteiger partial charge in [0.2, 0.25) is 5.91 Å². The first-order valence-electron chi connectivity index (χ1n) is 12.2. The molecule has 1 amide bonds. The van der Waals surface area contributed by atoms with Crippen LogP contribution in [0.15, 0.2) is 46.1 Å². The second-order valence-electron chi connectivity index (χ2n) is 9.18. The summed E-state index contributed by atoms with van der Waals surface area (Å²) in [7, 11) is 1.60. The Kier molecular flexibility index (Phi) is 9.21. The molecule has 0 saturated carbocycles. The number of fused-ring (bicyclic) bond motifs is 1. The number of methoxy groups -OCH3 is 1. The number of carbonyl (C=O) groups is 1. The molecule has 2 aromatic heterocycles. The van der Waals surface area contributed by atoms with Gasteiger partial charge in [0.1, 0.15) is 5.75 Å². The number of hydrogen-bond acceptors (Lipinski definition) is 9. The second-order valence-corrected chi connectivity index (χ2v) is 11.5. The molecule has 0 unspecified atom stereocenters. The van der Waals surface area contributed by atoms with Crippen LogP contribution in [-0.4, -0.2) is 58.6 Å². The molecule has 1 aliphatic heterocycles. The molecule has 1 saturated heterocycles. The summed E-state index contributed by atoms with van der Waals surface area (Å²) in [5.41, 5.74) is 9.39. The van der Waals surface area contributed by atoms with E-state index in [0.29, 0.717) is 31.4 Å².